The highest BCUT2D eigenvalue weighted by molar-refractivity contribution is 7.89. The van der Waals surface area contributed by atoms with Crippen LogP contribution >= 0.6 is 0 Å². The van der Waals surface area contributed by atoms with Crippen LogP contribution in [0.15, 0.2) is 23.1 Å². The van der Waals surface area contributed by atoms with Crippen LogP contribution in [0.2, 0.25) is 0 Å². The van der Waals surface area contributed by atoms with Crippen molar-refractivity contribution < 1.29 is 13.2 Å². The molecule has 5 nitrogen and oxygen atoms in total. The minimum absolute atomic E-state index is 0.0701. The first-order valence-electron chi connectivity index (χ1n) is 7.60. The van der Waals surface area contributed by atoms with Crippen molar-refractivity contribution in [1.82, 2.24) is 4.31 Å². The Morgan fingerprint density at radius 1 is 1.27 bits per heavy atom. The van der Waals surface area contributed by atoms with Crippen LogP contribution in [0.4, 0.5) is 0 Å². The van der Waals surface area contributed by atoms with E-state index in [2.05, 4.69) is 0 Å². The standard InChI is InChI=1S/C16H24N2O3S/c1-10(2)12(4)18(13-6-7-13)22(20,21)14-8-5-11(3)15(9-14)16(17)19/h5,8-10,12-13H,6-7H2,1-4H3,(H2,17,19). The van der Waals surface area contributed by atoms with E-state index in [1.165, 1.54) is 6.07 Å². The number of rotatable bonds is 6. The van der Waals surface area contributed by atoms with Crippen molar-refractivity contribution in [3.05, 3.63) is 29.3 Å². The van der Waals surface area contributed by atoms with Gasteiger partial charge in [-0.1, -0.05) is 19.9 Å². The maximum Gasteiger partial charge on any atom is 0.249 e. The minimum Gasteiger partial charge on any atom is -0.366 e. The summed E-state index contributed by atoms with van der Waals surface area (Å²) in [5.41, 5.74) is 6.28. The van der Waals surface area contributed by atoms with E-state index in [1.807, 2.05) is 20.8 Å². The molecule has 1 aromatic rings. The Morgan fingerprint density at radius 3 is 2.32 bits per heavy atom. The summed E-state index contributed by atoms with van der Waals surface area (Å²) >= 11 is 0. The second-order valence-electron chi connectivity index (χ2n) is 6.39. The summed E-state index contributed by atoms with van der Waals surface area (Å²) in [6.07, 6.45) is 1.79. The lowest BCUT2D eigenvalue weighted by molar-refractivity contribution is 0.0999. The van der Waals surface area contributed by atoms with Crippen molar-refractivity contribution >= 4 is 15.9 Å². The van der Waals surface area contributed by atoms with Gasteiger partial charge in [0.15, 0.2) is 0 Å². The highest BCUT2D eigenvalue weighted by Crippen LogP contribution is 2.36. The van der Waals surface area contributed by atoms with Gasteiger partial charge in [-0.25, -0.2) is 8.42 Å². The number of nitrogens with zero attached hydrogens (tertiary/aromatic N) is 1. The molecule has 1 fully saturated rings. The first kappa shape index (κ1) is 17.0. The van der Waals surface area contributed by atoms with E-state index in [0.29, 0.717) is 5.56 Å². The molecule has 0 bridgehead atoms. The van der Waals surface area contributed by atoms with Crippen LogP contribution in [0, 0.1) is 12.8 Å². The van der Waals surface area contributed by atoms with Crippen molar-refractivity contribution in [3.8, 4) is 0 Å². The zero-order valence-corrected chi connectivity index (χ0v) is 14.4. The lowest BCUT2D eigenvalue weighted by atomic mass is 10.1. The molecule has 1 atom stereocenters. The molecule has 0 aliphatic heterocycles. The number of benzene rings is 1. The average Bonchev–Trinajstić information content (AvgIpc) is 3.22. The molecule has 1 aliphatic carbocycles. The van der Waals surface area contributed by atoms with Crippen LogP contribution in [0.1, 0.15) is 49.5 Å². The van der Waals surface area contributed by atoms with E-state index in [4.69, 9.17) is 5.73 Å². The van der Waals surface area contributed by atoms with Gasteiger partial charge >= 0.3 is 0 Å². The van der Waals surface area contributed by atoms with Gasteiger partial charge in [0.1, 0.15) is 0 Å². The van der Waals surface area contributed by atoms with Crippen LogP contribution < -0.4 is 5.73 Å². The van der Waals surface area contributed by atoms with Crippen molar-refractivity contribution in [2.45, 2.75) is 57.5 Å². The Bertz CT molecular complexity index is 679. The SMILES string of the molecule is Cc1ccc(S(=O)(=O)N(C2CC2)C(C)C(C)C)cc1C(N)=O. The molecule has 1 amide bonds. The van der Waals surface area contributed by atoms with E-state index in [1.54, 1.807) is 23.4 Å². The summed E-state index contributed by atoms with van der Waals surface area (Å²) in [6, 6.07) is 4.57. The van der Waals surface area contributed by atoms with Gasteiger partial charge < -0.3 is 5.73 Å². The zero-order chi connectivity index (χ0) is 16.7. The predicted octanol–water partition coefficient (Wildman–Crippen LogP) is 2.29. The molecular formula is C16H24N2O3S. The quantitative estimate of drug-likeness (QED) is 0.872. The van der Waals surface area contributed by atoms with Crippen LogP contribution in [0.3, 0.4) is 0 Å². The Morgan fingerprint density at radius 2 is 1.86 bits per heavy atom. The molecule has 6 heteroatoms. The molecule has 2 N–H and O–H groups in total. The van der Waals surface area contributed by atoms with E-state index in [0.717, 1.165) is 12.8 Å². The first-order valence-corrected chi connectivity index (χ1v) is 9.04. The molecule has 0 spiro atoms. The molecule has 1 unspecified atom stereocenters. The second kappa shape index (κ2) is 6.01. The molecule has 0 saturated heterocycles. The molecule has 22 heavy (non-hydrogen) atoms. The number of hydrogen-bond donors (Lipinski definition) is 1. The molecule has 2 rings (SSSR count). The summed E-state index contributed by atoms with van der Waals surface area (Å²) in [7, 11) is -3.63. The topological polar surface area (TPSA) is 80.5 Å². The number of carbonyl (C=O) groups is 1. The lowest BCUT2D eigenvalue weighted by Crippen LogP contribution is -2.43. The van der Waals surface area contributed by atoms with Crippen LogP contribution in [-0.4, -0.2) is 30.7 Å². The Balaban J connectivity index is 2.48. The molecule has 1 aliphatic rings. The summed E-state index contributed by atoms with van der Waals surface area (Å²) < 4.78 is 27.6. The van der Waals surface area contributed by atoms with E-state index in [9.17, 15) is 13.2 Å². The van der Waals surface area contributed by atoms with Gasteiger partial charge in [-0.3, -0.25) is 4.79 Å². The van der Waals surface area contributed by atoms with Crippen molar-refractivity contribution in [3.63, 3.8) is 0 Å². The molecule has 0 radical (unpaired) electrons. The third-order valence-electron chi connectivity index (χ3n) is 4.32. The Hall–Kier alpha value is -1.40. The number of primary amides is 1. The Labute approximate surface area is 132 Å². The fourth-order valence-electron chi connectivity index (χ4n) is 2.52. The summed E-state index contributed by atoms with van der Waals surface area (Å²) in [6.45, 7) is 7.70. The number of amides is 1. The summed E-state index contributed by atoms with van der Waals surface area (Å²) in [5.74, 6) is -0.388. The monoisotopic (exact) mass is 324 g/mol. The van der Waals surface area contributed by atoms with E-state index >= 15 is 0 Å². The zero-order valence-electron chi connectivity index (χ0n) is 13.5. The van der Waals surface area contributed by atoms with Crippen molar-refractivity contribution in [1.29, 1.82) is 0 Å². The molecule has 0 aromatic heterocycles. The predicted molar refractivity (Wildman–Crippen MR) is 86.0 cm³/mol. The van der Waals surface area contributed by atoms with Crippen molar-refractivity contribution in [2.24, 2.45) is 11.7 Å². The highest BCUT2D eigenvalue weighted by atomic mass is 32.2. The largest absolute Gasteiger partial charge is 0.366 e. The fraction of sp³-hybridized carbons (Fsp3) is 0.562. The Kier molecular flexibility index (Phi) is 4.63. The first-order chi connectivity index (χ1) is 10.2. The van der Waals surface area contributed by atoms with E-state index < -0.39 is 15.9 Å². The number of aryl methyl sites for hydroxylation is 1. The molecule has 1 saturated carbocycles. The number of sulfonamides is 1. The lowest BCUT2D eigenvalue weighted by Gasteiger charge is -2.31. The normalized spacial score (nSPS) is 17.0. The maximum atomic E-state index is 13.0. The van der Waals surface area contributed by atoms with Crippen molar-refractivity contribution in [2.75, 3.05) is 0 Å². The third kappa shape index (κ3) is 3.17. The van der Waals surface area contributed by atoms with Gasteiger partial charge in [0.25, 0.3) is 0 Å². The van der Waals surface area contributed by atoms with Gasteiger partial charge in [-0.15, -0.1) is 0 Å². The smallest absolute Gasteiger partial charge is 0.249 e. The van der Waals surface area contributed by atoms with Gasteiger partial charge in [0, 0.05) is 17.6 Å². The maximum absolute atomic E-state index is 13.0. The van der Waals surface area contributed by atoms with Crippen LogP contribution in [0.5, 0.6) is 0 Å². The summed E-state index contributed by atoms with van der Waals surface area (Å²) in [5, 5.41) is 0. The molecular weight excluding hydrogens is 300 g/mol. The molecule has 0 heterocycles. The fourth-order valence-corrected chi connectivity index (χ4v) is 4.55. The van der Waals surface area contributed by atoms with E-state index in [-0.39, 0.29) is 28.5 Å². The van der Waals surface area contributed by atoms with Gasteiger partial charge in [0.2, 0.25) is 15.9 Å². The number of hydrogen-bond acceptors (Lipinski definition) is 3. The third-order valence-corrected chi connectivity index (χ3v) is 6.36. The molecule has 1 aromatic carbocycles. The highest BCUT2D eigenvalue weighted by Gasteiger charge is 2.42. The van der Waals surface area contributed by atoms with Gasteiger partial charge in [-0.05, 0) is 50.3 Å². The molecule has 122 valence electrons. The van der Waals surface area contributed by atoms with Crippen LogP contribution in [-0.2, 0) is 10.0 Å². The second-order valence-corrected chi connectivity index (χ2v) is 8.23. The number of carbonyl (C=O) groups excluding carboxylic acids is 1. The van der Waals surface area contributed by atoms with Crippen LogP contribution in [0.25, 0.3) is 0 Å². The van der Waals surface area contributed by atoms with Gasteiger partial charge in [-0.2, -0.15) is 4.31 Å². The minimum atomic E-state index is -3.63. The number of nitrogens with two attached hydrogens (primary N) is 1. The van der Waals surface area contributed by atoms with Gasteiger partial charge in [0.05, 0.1) is 4.90 Å². The average molecular weight is 324 g/mol. The summed E-state index contributed by atoms with van der Waals surface area (Å²) in [4.78, 5) is 11.6.